The molecule has 7 nitrogen and oxygen atoms in total. The van der Waals surface area contributed by atoms with E-state index in [1.54, 1.807) is 18.2 Å². The fourth-order valence-electron chi connectivity index (χ4n) is 2.77. The highest BCUT2D eigenvalue weighted by Crippen LogP contribution is 2.28. The van der Waals surface area contributed by atoms with E-state index < -0.39 is 0 Å². The van der Waals surface area contributed by atoms with E-state index in [1.165, 1.54) is 24.4 Å². The average molecular weight is 447 g/mol. The Morgan fingerprint density at radius 3 is 2.67 bits per heavy atom. The van der Waals surface area contributed by atoms with E-state index in [0.717, 1.165) is 5.75 Å². The maximum atomic E-state index is 12.4. The first-order valence-corrected chi connectivity index (χ1v) is 10.6. The molecular weight excluding hydrogens is 424 g/mol. The number of hydrogen-bond donors (Lipinski definition) is 1. The van der Waals surface area contributed by atoms with Gasteiger partial charge in [-0.05, 0) is 44.2 Å². The standard InChI is InChI=1S/C21H23ClN4O3S/c1-13-5-8-16(9-6-13)29-14(2)20-24-25-21(26(20)3)30-12-19(27)23-17-11-15(22)7-10-18(17)28-4/h5-11,14H,12H2,1-4H3,(H,23,27). The van der Waals surface area contributed by atoms with Crippen molar-refractivity contribution in [2.45, 2.75) is 25.1 Å². The molecule has 0 aliphatic rings. The highest BCUT2D eigenvalue weighted by molar-refractivity contribution is 7.99. The number of carbonyl (C=O) groups is 1. The lowest BCUT2D eigenvalue weighted by molar-refractivity contribution is -0.113. The van der Waals surface area contributed by atoms with Gasteiger partial charge in [-0.25, -0.2) is 0 Å². The van der Waals surface area contributed by atoms with Gasteiger partial charge in [0.2, 0.25) is 5.91 Å². The molecule has 1 heterocycles. The predicted octanol–water partition coefficient (Wildman–Crippen LogP) is 4.66. The van der Waals surface area contributed by atoms with Crippen LogP contribution in [-0.4, -0.2) is 33.5 Å². The molecule has 1 N–H and O–H groups in total. The number of ether oxygens (including phenoxy) is 2. The minimum absolute atomic E-state index is 0.162. The molecule has 0 aliphatic carbocycles. The van der Waals surface area contributed by atoms with Crippen LogP contribution in [0, 0.1) is 6.92 Å². The lowest BCUT2D eigenvalue weighted by Gasteiger charge is -2.14. The molecule has 30 heavy (non-hydrogen) atoms. The van der Waals surface area contributed by atoms with E-state index in [2.05, 4.69) is 15.5 Å². The molecule has 9 heteroatoms. The van der Waals surface area contributed by atoms with E-state index in [4.69, 9.17) is 21.1 Å². The molecule has 0 spiro atoms. The number of nitrogens with one attached hydrogen (secondary N) is 1. The summed E-state index contributed by atoms with van der Waals surface area (Å²) in [5.74, 6) is 1.94. The first kappa shape index (κ1) is 22.0. The second-order valence-corrected chi connectivity index (χ2v) is 8.03. The number of halogens is 1. The van der Waals surface area contributed by atoms with Crippen LogP contribution in [0.15, 0.2) is 47.6 Å². The van der Waals surface area contributed by atoms with Crippen molar-refractivity contribution in [2.24, 2.45) is 7.05 Å². The van der Waals surface area contributed by atoms with Gasteiger partial charge in [0, 0.05) is 12.1 Å². The SMILES string of the molecule is COc1ccc(Cl)cc1NC(=O)CSc1nnc(C(C)Oc2ccc(C)cc2)n1C. The van der Waals surface area contributed by atoms with Crippen LogP contribution in [0.5, 0.6) is 11.5 Å². The van der Waals surface area contributed by atoms with Crippen LogP contribution >= 0.6 is 23.4 Å². The second-order valence-electron chi connectivity index (χ2n) is 6.65. The Kier molecular flexibility index (Phi) is 7.23. The molecular formula is C21H23ClN4O3S. The van der Waals surface area contributed by atoms with Crippen molar-refractivity contribution in [3.05, 3.63) is 58.9 Å². The molecule has 1 amide bonds. The predicted molar refractivity (Wildman–Crippen MR) is 119 cm³/mol. The van der Waals surface area contributed by atoms with E-state index >= 15 is 0 Å². The molecule has 3 aromatic rings. The molecule has 158 valence electrons. The van der Waals surface area contributed by atoms with Crippen LogP contribution in [-0.2, 0) is 11.8 Å². The molecule has 0 saturated heterocycles. The van der Waals surface area contributed by atoms with Crippen molar-refractivity contribution >= 4 is 35.0 Å². The van der Waals surface area contributed by atoms with Gasteiger partial charge in [-0.15, -0.1) is 10.2 Å². The maximum absolute atomic E-state index is 12.4. The molecule has 0 fully saturated rings. The summed E-state index contributed by atoms with van der Waals surface area (Å²) in [6, 6.07) is 12.9. The number of benzene rings is 2. The van der Waals surface area contributed by atoms with Crippen molar-refractivity contribution in [3.63, 3.8) is 0 Å². The van der Waals surface area contributed by atoms with Crippen LogP contribution in [0.25, 0.3) is 0 Å². The van der Waals surface area contributed by atoms with Gasteiger partial charge in [-0.3, -0.25) is 4.79 Å². The van der Waals surface area contributed by atoms with Gasteiger partial charge in [-0.2, -0.15) is 0 Å². The van der Waals surface area contributed by atoms with Gasteiger partial charge in [-0.1, -0.05) is 41.1 Å². The zero-order valence-corrected chi connectivity index (χ0v) is 18.8. The first-order chi connectivity index (χ1) is 14.4. The van der Waals surface area contributed by atoms with Crippen molar-refractivity contribution in [2.75, 3.05) is 18.2 Å². The Morgan fingerprint density at radius 1 is 1.23 bits per heavy atom. The normalized spacial score (nSPS) is 11.8. The number of rotatable bonds is 8. The van der Waals surface area contributed by atoms with Crippen molar-refractivity contribution < 1.29 is 14.3 Å². The van der Waals surface area contributed by atoms with Crippen LogP contribution in [0.3, 0.4) is 0 Å². The van der Waals surface area contributed by atoms with Crippen LogP contribution in [0.4, 0.5) is 5.69 Å². The smallest absolute Gasteiger partial charge is 0.234 e. The molecule has 1 unspecified atom stereocenters. The third kappa shape index (κ3) is 5.46. The largest absolute Gasteiger partial charge is 0.495 e. The molecule has 0 saturated carbocycles. The van der Waals surface area contributed by atoms with Gasteiger partial charge in [0.25, 0.3) is 0 Å². The molecule has 0 bridgehead atoms. The molecule has 1 aromatic heterocycles. The molecule has 1 atom stereocenters. The zero-order valence-electron chi connectivity index (χ0n) is 17.2. The number of aryl methyl sites for hydroxylation is 1. The third-order valence-electron chi connectivity index (χ3n) is 4.33. The minimum atomic E-state index is -0.288. The van der Waals surface area contributed by atoms with Gasteiger partial charge in [0.1, 0.15) is 11.5 Å². The molecule has 3 rings (SSSR count). The number of amides is 1. The Morgan fingerprint density at radius 2 is 1.97 bits per heavy atom. The molecule has 2 aromatic carbocycles. The summed E-state index contributed by atoms with van der Waals surface area (Å²) < 4.78 is 13.0. The third-order valence-corrected chi connectivity index (χ3v) is 5.59. The van der Waals surface area contributed by atoms with Gasteiger partial charge >= 0.3 is 0 Å². The number of carbonyl (C=O) groups excluding carboxylic acids is 1. The summed E-state index contributed by atoms with van der Waals surface area (Å²) in [4.78, 5) is 12.4. The summed E-state index contributed by atoms with van der Waals surface area (Å²) in [6.07, 6.45) is -0.288. The first-order valence-electron chi connectivity index (χ1n) is 9.26. The highest BCUT2D eigenvalue weighted by atomic mass is 35.5. The van der Waals surface area contributed by atoms with Crippen LogP contribution < -0.4 is 14.8 Å². The number of aromatic nitrogens is 3. The van der Waals surface area contributed by atoms with E-state index in [0.29, 0.717) is 27.4 Å². The van der Waals surface area contributed by atoms with Crippen molar-refractivity contribution in [1.82, 2.24) is 14.8 Å². The maximum Gasteiger partial charge on any atom is 0.234 e. The fourth-order valence-corrected chi connectivity index (χ4v) is 3.66. The van der Waals surface area contributed by atoms with Crippen LogP contribution in [0.1, 0.15) is 24.4 Å². The quantitative estimate of drug-likeness (QED) is 0.507. The Hall–Kier alpha value is -2.71. The molecule has 0 radical (unpaired) electrons. The number of methoxy groups -OCH3 is 1. The van der Waals surface area contributed by atoms with Gasteiger partial charge in [0.05, 0.1) is 18.6 Å². The second kappa shape index (κ2) is 9.86. The minimum Gasteiger partial charge on any atom is -0.495 e. The van der Waals surface area contributed by atoms with Gasteiger partial charge in [0.15, 0.2) is 17.1 Å². The summed E-state index contributed by atoms with van der Waals surface area (Å²) in [7, 11) is 3.39. The van der Waals surface area contributed by atoms with Crippen LogP contribution in [0.2, 0.25) is 5.02 Å². The van der Waals surface area contributed by atoms with E-state index in [9.17, 15) is 4.79 Å². The zero-order chi connectivity index (χ0) is 21.7. The summed E-state index contributed by atoms with van der Waals surface area (Å²) in [6.45, 7) is 3.94. The topological polar surface area (TPSA) is 78.3 Å². The highest BCUT2D eigenvalue weighted by Gasteiger charge is 2.18. The number of anilines is 1. The summed E-state index contributed by atoms with van der Waals surface area (Å²) in [5.41, 5.74) is 1.69. The van der Waals surface area contributed by atoms with Gasteiger partial charge < -0.3 is 19.4 Å². The number of hydrogen-bond acceptors (Lipinski definition) is 6. The summed E-state index contributed by atoms with van der Waals surface area (Å²) >= 11 is 7.29. The lowest BCUT2D eigenvalue weighted by Crippen LogP contribution is -2.15. The molecule has 0 aliphatic heterocycles. The number of nitrogens with zero attached hydrogens (tertiary/aromatic N) is 3. The Balaban J connectivity index is 1.60. The monoisotopic (exact) mass is 446 g/mol. The average Bonchev–Trinajstić information content (AvgIpc) is 3.09. The lowest BCUT2D eigenvalue weighted by atomic mass is 10.2. The van der Waals surface area contributed by atoms with E-state index in [-0.39, 0.29) is 17.8 Å². The van der Waals surface area contributed by atoms with Crippen molar-refractivity contribution in [3.8, 4) is 11.5 Å². The van der Waals surface area contributed by atoms with Crippen molar-refractivity contribution in [1.29, 1.82) is 0 Å². The van der Waals surface area contributed by atoms with E-state index in [1.807, 2.05) is 49.7 Å². The summed E-state index contributed by atoms with van der Waals surface area (Å²) in [5, 5.41) is 12.4. The number of thioether (sulfide) groups is 1. The Labute approximate surface area is 184 Å². The fraction of sp³-hybridized carbons (Fsp3) is 0.286. The Bertz CT molecular complexity index is 1020.